The molecule has 0 fully saturated rings. The lowest BCUT2D eigenvalue weighted by molar-refractivity contribution is -0.137. The molecule has 1 heterocycles. The highest BCUT2D eigenvalue weighted by atomic mass is 35.5. The van der Waals surface area contributed by atoms with Gasteiger partial charge in [0.25, 0.3) is 0 Å². The van der Waals surface area contributed by atoms with Crippen LogP contribution in [0.25, 0.3) is 0 Å². The summed E-state index contributed by atoms with van der Waals surface area (Å²) in [4.78, 5) is 28.8. The Bertz CT molecular complexity index is 1150. The van der Waals surface area contributed by atoms with Gasteiger partial charge in [0.15, 0.2) is 5.16 Å². The molecule has 12 heteroatoms. The van der Waals surface area contributed by atoms with Gasteiger partial charge in [-0.3, -0.25) is 9.59 Å². The first-order valence-electron chi connectivity index (χ1n) is 9.92. The Labute approximate surface area is 202 Å². The second-order valence-corrected chi connectivity index (χ2v) is 8.47. The average Bonchev–Trinajstić information content (AvgIpc) is 3.18. The maximum atomic E-state index is 12.8. The lowest BCUT2D eigenvalue weighted by atomic mass is 10.2. The molecule has 7 nitrogen and oxygen atoms in total. The van der Waals surface area contributed by atoms with Crippen LogP contribution in [0, 0.1) is 0 Å². The molecule has 0 aliphatic heterocycles. The number of hydrogen-bond donors (Lipinski definition) is 3. The Kier molecular flexibility index (Phi) is 8.59. The number of amides is 2. The number of halogens is 4. The van der Waals surface area contributed by atoms with Gasteiger partial charge in [-0.05, 0) is 35.9 Å². The molecule has 0 unspecified atom stereocenters. The monoisotopic (exact) mass is 512 g/mol. The molecule has 3 aromatic rings. The van der Waals surface area contributed by atoms with Crippen molar-refractivity contribution in [1.29, 1.82) is 0 Å². The van der Waals surface area contributed by atoms with Crippen LogP contribution in [-0.4, -0.2) is 32.2 Å². The fourth-order valence-electron chi connectivity index (χ4n) is 2.91. The fourth-order valence-corrected chi connectivity index (χ4v) is 3.83. The Morgan fingerprint density at radius 2 is 1.85 bits per heavy atom. The largest absolute Gasteiger partial charge is 0.416 e. The number of alkyl halides is 3. The van der Waals surface area contributed by atoms with Gasteiger partial charge in [0.1, 0.15) is 6.54 Å². The van der Waals surface area contributed by atoms with Crippen molar-refractivity contribution in [2.45, 2.75) is 31.0 Å². The molecule has 1 aromatic heterocycles. The number of aliphatic hydroxyl groups is 1. The van der Waals surface area contributed by atoms with E-state index in [0.29, 0.717) is 15.9 Å². The number of carbonyl (C=O) groups excluding carboxylic acids is 2. The Morgan fingerprint density at radius 3 is 2.53 bits per heavy atom. The van der Waals surface area contributed by atoms with Gasteiger partial charge in [0.2, 0.25) is 11.8 Å². The number of carbonyl (C=O) groups is 2. The number of hydrogen-bond acceptors (Lipinski definition) is 5. The molecular formula is C22H20ClF3N4O3S. The van der Waals surface area contributed by atoms with Crippen LogP contribution in [0.15, 0.2) is 59.9 Å². The molecule has 2 amide bonds. The first-order chi connectivity index (χ1) is 16.2. The van der Waals surface area contributed by atoms with E-state index in [1.165, 1.54) is 22.9 Å². The summed E-state index contributed by atoms with van der Waals surface area (Å²) in [7, 11) is 0. The molecule has 180 valence electrons. The molecule has 0 spiro atoms. The number of aliphatic hydroxyl groups excluding tert-OH is 1. The van der Waals surface area contributed by atoms with Gasteiger partial charge < -0.3 is 20.3 Å². The van der Waals surface area contributed by atoms with E-state index in [2.05, 4.69) is 15.6 Å². The van der Waals surface area contributed by atoms with Gasteiger partial charge in [-0.1, -0.05) is 41.6 Å². The third-order valence-corrected chi connectivity index (χ3v) is 5.82. The van der Waals surface area contributed by atoms with Crippen molar-refractivity contribution >= 4 is 40.9 Å². The van der Waals surface area contributed by atoms with E-state index in [-0.39, 0.29) is 37.0 Å². The van der Waals surface area contributed by atoms with E-state index < -0.39 is 17.6 Å². The first-order valence-corrected chi connectivity index (χ1v) is 11.3. The zero-order chi connectivity index (χ0) is 24.7. The summed E-state index contributed by atoms with van der Waals surface area (Å²) < 4.78 is 40.0. The van der Waals surface area contributed by atoms with Gasteiger partial charge >= 0.3 is 6.18 Å². The highest BCUT2D eigenvalue weighted by Gasteiger charge is 2.30. The lowest BCUT2D eigenvalue weighted by Crippen LogP contribution is -2.28. The standard InChI is InChI=1S/C22H20ClF3N4O3S/c23-16-6-4-14(5-7-16)9-27-19(32)11-30-18(12-31)10-28-21(30)34-13-20(33)29-17-3-1-2-15(8-17)22(24,25)26/h1-8,10,31H,9,11-13H2,(H,27,32)(H,29,33). The number of benzene rings is 2. The molecule has 34 heavy (non-hydrogen) atoms. The summed E-state index contributed by atoms with van der Waals surface area (Å²) in [6.07, 6.45) is -3.13. The van der Waals surface area contributed by atoms with Crippen LogP contribution in [0.4, 0.5) is 18.9 Å². The molecule has 3 N–H and O–H groups in total. The van der Waals surface area contributed by atoms with E-state index in [0.717, 1.165) is 29.5 Å². The second kappa shape index (κ2) is 11.4. The Morgan fingerprint density at radius 1 is 1.12 bits per heavy atom. The zero-order valence-electron chi connectivity index (χ0n) is 17.6. The summed E-state index contributed by atoms with van der Waals surface area (Å²) in [5.74, 6) is -1.04. The topological polar surface area (TPSA) is 96.2 Å². The van der Waals surface area contributed by atoms with E-state index in [1.54, 1.807) is 24.3 Å². The van der Waals surface area contributed by atoms with Crippen LogP contribution >= 0.6 is 23.4 Å². The minimum atomic E-state index is -4.52. The molecule has 2 aromatic carbocycles. The predicted octanol–water partition coefficient (Wildman–Crippen LogP) is 4.09. The van der Waals surface area contributed by atoms with Crippen LogP contribution in [0.2, 0.25) is 5.02 Å². The molecule has 0 aliphatic carbocycles. The first kappa shape index (κ1) is 25.6. The van der Waals surface area contributed by atoms with E-state index >= 15 is 0 Å². The minimum absolute atomic E-state index is 0.0152. The number of nitrogens with zero attached hydrogens (tertiary/aromatic N) is 2. The zero-order valence-corrected chi connectivity index (χ0v) is 19.2. The second-order valence-electron chi connectivity index (χ2n) is 7.09. The van der Waals surface area contributed by atoms with Crippen LogP contribution in [0.1, 0.15) is 16.8 Å². The average molecular weight is 513 g/mol. The Balaban J connectivity index is 1.58. The van der Waals surface area contributed by atoms with Crippen molar-refractivity contribution in [2.75, 3.05) is 11.1 Å². The van der Waals surface area contributed by atoms with E-state index in [4.69, 9.17) is 11.6 Å². The molecule has 0 atom stereocenters. The highest BCUT2D eigenvalue weighted by molar-refractivity contribution is 7.99. The smallest absolute Gasteiger partial charge is 0.390 e. The van der Waals surface area contributed by atoms with Crippen molar-refractivity contribution in [3.63, 3.8) is 0 Å². The molecular weight excluding hydrogens is 493 g/mol. The maximum Gasteiger partial charge on any atom is 0.416 e. The molecule has 0 aliphatic rings. The third-order valence-electron chi connectivity index (χ3n) is 4.57. The summed E-state index contributed by atoms with van der Waals surface area (Å²) in [5.41, 5.74) is 0.376. The number of anilines is 1. The third kappa shape index (κ3) is 7.24. The van der Waals surface area contributed by atoms with Crippen molar-refractivity contribution < 1.29 is 27.9 Å². The summed E-state index contributed by atoms with van der Waals surface area (Å²) in [6, 6.07) is 11.3. The summed E-state index contributed by atoms with van der Waals surface area (Å²) in [6.45, 7) is -0.226. The number of imidazole rings is 1. The molecule has 0 saturated heterocycles. The number of thioether (sulfide) groups is 1. The molecule has 0 bridgehead atoms. The Hall–Kier alpha value is -3.02. The van der Waals surface area contributed by atoms with E-state index in [9.17, 15) is 27.9 Å². The summed E-state index contributed by atoms with van der Waals surface area (Å²) in [5, 5.41) is 15.6. The van der Waals surface area contributed by atoms with Gasteiger partial charge in [-0.25, -0.2) is 4.98 Å². The van der Waals surface area contributed by atoms with Crippen LogP contribution in [0.5, 0.6) is 0 Å². The van der Waals surface area contributed by atoms with Gasteiger partial charge in [-0.15, -0.1) is 0 Å². The predicted molar refractivity (Wildman–Crippen MR) is 122 cm³/mol. The van der Waals surface area contributed by atoms with Crippen LogP contribution < -0.4 is 10.6 Å². The SMILES string of the molecule is O=C(Cn1c(CO)cnc1SCC(=O)Nc1cccc(C(F)(F)F)c1)NCc1ccc(Cl)cc1. The van der Waals surface area contributed by atoms with Gasteiger partial charge in [0.05, 0.1) is 29.8 Å². The maximum absolute atomic E-state index is 12.8. The van der Waals surface area contributed by atoms with Crippen LogP contribution in [0.3, 0.4) is 0 Å². The molecule has 3 rings (SSSR count). The van der Waals surface area contributed by atoms with Gasteiger partial charge in [-0.2, -0.15) is 13.2 Å². The van der Waals surface area contributed by atoms with E-state index in [1.807, 2.05) is 0 Å². The molecule has 0 radical (unpaired) electrons. The normalized spacial score (nSPS) is 11.3. The number of nitrogens with one attached hydrogen (secondary N) is 2. The lowest BCUT2D eigenvalue weighted by Gasteiger charge is -2.12. The van der Waals surface area contributed by atoms with Crippen molar-refractivity contribution in [3.8, 4) is 0 Å². The van der Waals surface area contributed by atoms with Crippen molar-refractivity contribution in [2.24, 2.45) is 0 Å². The van der Waals surface area contributed by atoms with Crippen LogP contribution in [-0.2, 0) is 35.5 Å². The fraction of sp³-hybridized carbons (Fsp3) is 0.227. The minimum Gasteiger partial charge on any atom is -0.390 e. The molecule has 0 saturated carbocycles. The number of rotatable bonds is 9. The number of aromatic nitrogens is 2. The summed E-state index contributed by atoms with van der Waals surface area (Å²) >= 11 is 6.84. The van der Waals surface area contributed by atoms with Crippen molar-refractivity contribution in [1.82, 2.24) is 14.9 Å². The highest BCUT2D eigenvalue weighted by Crippen LogP contribution is 2.30. The quantitative estimate of drug-likeness (QED) is 0.375. The van der Waals surface area contributed by atoms with Gasteiger partial charge in [0, 0.05) is 17.3 Å². The van der Waals surface area contributed by atoms with Crippen molar-refractivity contribution in [3.05, 3.63) is 76.6 Å².